The van der Waals surface area contributed by atoms with E-state index in [0.29, 0.717) is 5.75 Å². The van der Waals surface area contributed by atoms with Crippen LogP contribution in [0.1, 0.15) is 18.4 Å². The molecule has 0 bridgehead atoms. The van der Waals surface area contributed by atoms with Crippen molar-refractivity contribution in [2.45, 2.75) is 30.8 Å². The van der Waals surface area contributed by atoms with Gasteiger partial charge in [-0.25, -0.2) is 0 Å². The van der Waals surface area contributed by atoms with Crippen LogP contribution in [-0.4, -0.2) is 23.6 Å². The van der Waals surface area contributed by atoms with Crippen LogP contribution in [0.15, 0.2) is 41.0 Å². The number of aliphatic hydroxyl groups is 1. The SMILES string of the molecule is Cc1cccc(SCC(O)C2=CCCCO2)c1. The van der Waals surface area contributed by atoms with E-state index in [1.165, 1.54) is 10.5 Å². The molecule has 17 heavy (non-hydrogen) atoms. The minimum Gasteiger partial charge on any atom is -0.495 e. The maximum atomic E-state index is 9.99. The molecule has 0 aliphatic carbocycles. The van der Waals surface area contributed by atoms with E-state index in [4.69, 9.17) is 4.74 Å². The summed E-state index contributed by atoms with van der Waals surface area (Å²) in [5.41, 5.74) is 1.25. The Morgan fingerprint density at radius 2 is 2.35 bits per heavy atom. The van der Waals surface area contributed by atoms with Crippen LogP contribution >= 0.6 is 11.8 Å². The maximum Gasteiger partial charge on any atom is 0.121 e. The van der Waals surface area contributed by atoms with Gasteiger partial charge in [0.05, 0.1) is 6.61 Å². The lowest BCUT2D eigenvalue weighted by molar-refractivity contribution is 0.104. The molecule has 1 atom stereocenters. The van der Waals surface area contributed by atoms with Gasteiger partial charge < -0.3 is 9.84 Å². The van der Waals surface area contributed by atoms with Gasteiger partial charge in [-0.1, -0.05) is 17.7 Å². The molecule has 0 fully saturated rings. The van der Waals surface area contributed by atoms with Crippen LogP contribution in [0.25, 0.3) is 0 Å². The van der Waals surface area contributed by atoms with Gasteiger partial charge in [0, 0.05) is 10.6 Å². The number of rotatable bonds is 4. The Labute approximate surface area is 107 Å². The first-order chi connectivity index (χ1) is 8.25. The molecular weight excluding hydrogens is 232 g/mol. The average Bonchev–Trinajstić information content (AvgIpc) is 2.37. The molecule has 2 nitrogen and oxygen atoms in total. The summed E-state index contributed by atoms with van der Waals surface area (Å²) in [6.45, 7) is 2.81. The minimum atomic E-state index is -0.485. The molecule has 1 aliphatic rings. The Bertz CT molecular complexity index is 401. The first kappa shape index (κ1) is 12.5. The summed E-state index contributed by atoms with van der Waals surface area (Å²) in [6, 6.07) is 8.32. The topological polar surface area (TPSA) is 29.5 Å². The van der Waals surface area contributed by atoms with E-state index in [9.17, 15) is 5.11 Å². The van der Waals surface area contributed by atoms with Crippen LogP contribution < -0.4 is 0 Å². The second kappa shape index (κ2) is 6.12. The van der Waals surface area contributed by atoms with Crippen molar-refractivity contribution in [2.75, 3.05) is 12.4 Å². The highest BCUT2D eigenvalue weighted by Gasteiger charge is 2.15. The summed E-state index contributed by atoms with van der Waals surface area (Å²) < 4.78 is 5.45. The van der Waals surface area contributed by atoms with Gasteiger partial charge in [0.15, 0.2) is 0 Å². The number of hydrogen-bond donors (Lipinski definition) is 1. The van der Waals surface area contributed by atoms with E-state index in [2.05, 4.69) is 25.1 Å². The number of benzene rings is 1. The third-order valence-corrected chi connectivity index (χ3v) is 3.76. The third kappa shape index (κ3) is 3.79. The Hall–Kier alpha value is -0.930. The summed E-state index contributed by atoms with van der Waals surface area (Å²) in [7, 11) is 0. The zero-order chi connectivity index (χ0) is 12.1. The first-order valence-electron chi connectivity index (χ1n) is 5.96. The highest BCUT2D eigenvalue weighted by atomic mass is 32.2. The molecular formula is C14H18O2S. The molecule has 0 radical (unpaired) electrons. The molecule has 92 valence electrons. The van der Waals surface area contributed by atoms with Crippen LogP contribution in [0.3, 0.4) is 0 Å². The fraction of sp³-hybridized carbons (Fsp3) is 0.429. The second-order valence-corrected chi connectivity index (χ2v) is 5.33. The Morgan fingerprint density at radius 1 is 1.47 bits per heavy atom. The van der Waals surface area contributed by atoms with Crippen LogP contribution in [0.4, 0.5) is 0 Å². The summed E-state index contributed by atoms with van der Waals surface area (Å²) >= 11 is 1.67. The van der Waals surface area contributed by atoms with Gasteiger partial charge in [0.1, 0.15) is 11.9 Å². The Kier molecular flexibility index (Phi) is 4.51. The number of hydrogen-bond acceptors (Lipinski definition) is 3. The molecule has 1 aromatic rings. The van der Waals surface area contributed by atoms with Crippen molar-refractivity contribution in [1.29, 1.82) is 0 Å². The summed E-state index contributed by atoms with van der Waals surface area (Å²) in [4.78, 5) is 1.19. The van der Waals surface area contributed by atoms with Crippen LogP contribution in [-0.2, 0) is 4.74 Å². The van der Waals surface area contributed by atoms with Crippen molar-refractivity contribution in [3.63, 3.8) is 0 Å². The van der Waals surface area contributed by atoms with Crippen molar-refractivity contribution >= 4 is 11.8 Å². The summed E-state index contributed by atoms with van der Waals surface area (Å²) in [6.07, 6.45) is 3.59. The van der Waals surface area contributed by atoms with Crippen LogP contribution in [0.5, 0.6) is 0 Å². The highest BCUT2D eigenvalue weighted by molar-refractivity contribution is 7.99. The summed E-state index contributed by atoms with van der Waals surface area (Å²) in [5, 5.41) is 9.99. The lowest BCUT2D eigenvalue weighted by Gasteiger charge is -2.19. The average molecular weight is 250 g/mol. The van der Waals surface area contributed by atoms with E-state index in [0.717, 1.165) is 25.2 Å². The Morgan fingerprint density at radius 3 is 3.06 bits per heavy atom. The molecule has 0 saturated heterocycles. The zero-order valence-electron chi connectivity index (χ0n) is 10.1. The van der Waals surface area contributed by atoms with E-state index in [-0.39, 0.29) is 0 Å². The number of ether oxygens (including phenoxy) is 1. The van der Waals surface area contributed by atoms with Gasteiger partial charge in [-0.05, 0) is 38.0 Å². The zero-order valence-corrected chi connectivity index (χ0v) is 10.9. The molecule has 1 aliphatic heterocycles. The van der Waals surface area contributed by atoms with Gasteiger partial charge in [-0.15, -0.1) is 11.8 Å². The normalized spacial score (nSPS) is 17.2. The standard InChI is InChI=1S/C14H18O2S/c1-11-5-4-6-12(9-11)17-10-13(15)14-7-2-3-8-16-14/h4-7,9,13,15H,2-3,8,10H2,1H3. The van der Waals surface area contributed by atoms with Crippen molar-refractivity contribution in [2.24, 2.45) is 0 Å². The molecule has 2 rings (SSSR count). The monoisotopic (exact) mass is 250 g/mol. The molecule has 0 aromatic heterocycles. The number of aryl methyl sites for hydroxylation is 1. The quantitative estimate of drug-likeness (QED) is 0.832. The van der Waals surface area contributed by atoms with E-state index in [1.807, 2.05) is 12.1 Å². The number of thioether (sulfide) groups is 1. The van der Waals surface area contributed by atoms with Gasteiger partial charge in [0.2, 0.25) is 0 Å². The number of allylic oxidation sites excluding steroid dienone is 1. The van der Waals surface area contributed by atoms with Crippen molar-refractivity contribution in [1.82, 2.24) is 0 Å². The van der Waals surface area contributed by atoms with Gasteiger partial charge in [-0.2, -0.15) is 0 Å². The molecule has 1 N–H and O–H groups in total. The predicted molar refractivity (Wildman–Crippen MR) is 71.2 cm³/mol. The molecule has 1 aromatic carbocycles. The highest BCUT2D eigenvalue weighted by Crippen LogP contribution is 2.23. The van der Waals surface area contributed by atoms with Gasteiger partial charge >= 0.3 is 0 Å². The maximum absolute atomic E-state index is 9.99. The van der Waals surface area contributed by atoms with Crippen LogP contribution in [0.2, 0.25) is 0 Å². The lowest BCUT2D eigenvalue weighted by atomic mass is 10.2. The van der Waals surface area contributed by atoms with E-state index in [1.54, 1.807) is 11.8 Å². The van der Waals surface area contributed by atoms with Gasteiger partial charge in [0.25, 0.3) is 0 Å². The number of aliphatic hydroxyl groups excluding tert-OH is 1. The van der Waals surface area contributed by atoms with Gasteiger partial charge in [-0.3, -0.25) is 0 Å². The fourth-order valence-corrected chi connectivity index (χ4v) is 2.73. The third-order valence-electron chi connectivity index (χ3n) is 2.69. The summed E-state index contributed by atoms with van der Waals surface area (Å²) in [5.74, 6) is 1.39. The molecule has 0 amide bonds. The van der Waals surface area contributed by atoms with E-state index < -0.39 is 6.10 Å². The van der Waals surface area contributed by atoms with Crippen LogP contribution in [0, 0.1) is 6.92 Å². The largest absolute Gasteiger partial charge is 0.495 e. The lowest BCUT2D eigenvalue weighted by Crippen LogP contribution is -2.18. The van der Waals surface area contributed by atoms with Crippen molar-refractivity contribution in [3.8, 4) is 0 Å². The predicted octanol–water partition coefficient (Wildman–Crippen LogP) is 3.14. The van der Waals surface area contributed by atoms with Crippen molar-refractivity contribution < 1.29 is 9.84 Å². The second-order valence-electron chi connectivity index (χ2n) is 4.24. The molecule has 3 heteroatoms. The Balaban J connectivity index is 1.87. The minimum absolute atomic E-state index is 0.485. The molecule has 0 spiro atoms. The first-order valence-corrected chi connectivity index (χ1v) is 6.94. The van der Waals surface area contributed by atoms with Crippen molar-refractivity contribution in [3.05, 3.63) is 41.7 Å². The van der Waals surface area contributed by atoms with E-state index >= 15 is 0 Å². The fourth-order valence-electron chi connectivity index (χ4n) is 1.77. The molecule has 1 unspecified atom stereocenters. The smallest absolute Gasteiger partial charge is 0.121 e. The molecule has 0 saturated carbocycles. The molecule has 1 heterocycles.